The average molecular weight is 374 g/mol. The fourth-order valence-corrected chi connectivity index (χ4v) is 3.67. The number of benzene rings is 1. The largest absolute Gasteiger partial charge is 0.464 e. The first-order valence-electron chi connectivity index (χ1n) is 8.63. The first-order chi connectivity index (χ1) is 12.9. The Kier molecular flexibility index (Phi) is 4.17. The van der Waals surface area contributed by atoms with Gasteiger partial charge in [0.25, 0.3) is 0 Å². The number of methoxy groups -OCH3 is 1. The van der Waals surface area contributed by atoms with Crippen LogP contribution in [0.4, 0.5) is 13.2 Å². The Morgan fingerprint density at radius 3 is 2.63 bits per heavy atom. The lowest BCUT2D eigenvalue weighted by Gasteiger charge is -2.24. The predicted octanol–water partition coefficient (Wildman–Crippen LogP) is 5.11. The molecule has 1 aromatic carbocycles. The van der Waals surface area contributed by atoms with Crippen molar-refractivity contribution in [1.29, 1.82) is 0 Å². The molecule has 0 bridgehead atoms. The lowest BCUT2D eigenvalue weighted by atomic mass is 9.85. The number of para-hydroxylation sites is 1. The van der Waals surface area contributed by atoms with E-state index in [4.69, 9.17) is 4.74 Å². The SMILES string of the molecule is COC(=O)c1cc2c([nH]c3ccccc32)c(C2C=CC(C(F)(F)F)CC2)n1. The van der Waals surface area contributed by atoms with Crippen molar-refractivity contribution in [2.24, 2.45) is 5.92 Å². The van der Waals surface area contributed by atoms with Gasteiger partial charge in [-0.25, -0.2) is 9.78 Å². The van der Waals surface area contributed by atoms with Crippen LogP contribution < -0.4 is 0 Å². The summed E-state index contributed by atoms with van der Waals surface area (Å²) in [6.07, 6.45) is -1.18. The third-order valence-corrected chi connectivity index (χ3v) is 5.05. The molecule has 0 saturated carbocycles. The number of hydrogen-bond donors (Lipinski definition) is 1. The Labute approximate surface area is 153 Å². The van der Waals surface area contributed by atoms with Gasteiger partial charge in [0, 0.05) is 22.2 Å². The summed E-state index contributed by atoms with van der Waals surface area (Å²) in [6, 6.07) is 9.28. The highest BCUT2D eigenvalue weighted by Crippen LogP contribution is 2.40. The van der Waals surface area contributed by atoms with Crippen LogP contribution in [0.5, 0.6) is 0 Å². The summed E-state index contributed by atoms with van der Waals surface area (Å²) in [7, 11) is 1.28. The van der Waals surface area contributed by atoms with Crippen LogP contribution in [0.1, 0.15) is 34.9 Å². The van der Waals surface area contributed by atoms with Gasteiger partial charge >= 0.3 is 12.1 Å². The molecule has 2 heterocycles. The molecule has 2 unspecified atom stereocenters. The average Bonchev–Trinajstić information content (AvgIpc) is 3.04. The highest BCUT2D eigenvalue weighted by atomic mass is 19.4. The molecular formula is C20H17F3N2O2. The van der Waals surface area contributed by atoms with Crippen LogP contribution in [0.2, 0.25) is 0 Å². The number of carbonyl (C=O) groups excluding carboxylic acids is 1. The molecule has 4 nitrogen and oxygen atoms in total. The summed E-state index contributed by atoms with van der Waals surface area (Å²) >= 11 is 0. The van der Waals surface area contributed by atoms with Crippen LogP contribution >= 0.6 is 0 Å². The number of rotatable bonds is 2. The molecule has 1 N–H and O–H groups in total. The molecule has 0 saturated heterocycles. The Balaban J connectivity index is 1.88. The summed E-state index contributed by atoms with van der Waals surface area (Å²) in [4.78, 5) is 19.8. The van der Waals surface area contributed by atoms with Gasteiger partial charge in [-0.3, -0.25) is 0 Å². The van der Waals surface area contributed by atoms with Crippen molar-refractivity contribution in [3.8, 4) is 0 Å². The molecule has 0 spiro atoms. The Bertz CT molecular complexity index is 1050. The van der Waals surface area contributed by atoms with E-state index in [2.05, 4.69) is 9.97 Å². The molecule has 27 heavy (non-hydrogen) atoms. The monoisotopic (exact) mass is 374 g/mol. The fraction of sp³-hybridized carbons (Fsp3) is 0.300. The Morgan fingerprint density at radius 1 is 1.19 bits per heavy atom. The van der Waals surface area contributed by atoms with Gasteiger partial charge in [0.05, 0.1) is 24.2 Å². The number of hydrogen-bond acceptors (Lipinski definition) is 3. The number of H-pyrrole nitrogens is 1. The van der Waals surface area contributed by atoms with E-state index < -0.39 is 18.1 Å². The van der Waals surface area contributed by atoms with E-state index in [1.165, 1.54) is 13.2 Å². The van der Waals surface area contributed by atoms with Crippen molar-refractivity contribution >= 4 is 27.8 Å². The third-order valence-electron chi connectivity index (χ3n) is 5.05. The first kappa shape index (κ1) is 17.6. The van der Waals surface area contributed by atoms with Crippen LogP contribution in [0.25, 0.3) is 21.8 Å². The van der Waals surface area contributed by atoms with Gasteiger partial charge in [-0.05, 0) is 25.0 Å². The second kappa shape index (κ2) is 6.40. The summed E-state index contributed by atoms with van der Waals surface area (Å²) < 4.78 is 43.6. The fourth-order valence-electron chi connectivity index (χ4n) is 3.67. The van der Waals surface area contributed by atoms with E-state index in [0.29, 0.717) is 12.1 Å². The number of alkyl halides is 3. The molecule has 1 aliphatic rings. The van der Waals surface area contributed by atoms with Crippen molar-refractivity contribution < 1.29 is 22.7 Å². The highest BCUT2D eigenvalue weighted by Gasteiger charge is 2.39. The molecule has 2 aromatic heterocycles. The number of pyridine rings is 1. The molecule has 1 aliphatic carbocycles. The number of allylic oxidation sites excluding steroid dienone is 2. The van der Waals surface area contributed by atoms with Crippen LogP contribution in [-0.2, 0) is 4.74 Å². The zero-order valence-corrected chi connectivity index (χ0v) is 14.5. The number of nitrogens with one attached hydrogen (secondary N) is 1. The van der Waals surface area contributed by atoms with Gasteiger partial charge in [0.15, 0.2) is 0 Å². The predicted molar refractivity (Wildman–Crippen MR) is 95.6 cm³/mol. The Morgan fingerprint density at radius 2 is 1.96 bits per heavy atom. The highest BCUT2D eigenvalue weighted by molar-refractivity contribution is 6.09. The molecule has 140 valence electrons. The third kappa shape index (κ3) is 3.07. The molecule has 0 aliphatic heterocycles. The number of nitrogens with zero attached hydrogens (tertiary/aromatic N) is 1. The smallest absolute Gasteiger partial charge is 0.395 e. The van der Waals surface area contributed by atoms with Crippen molar-refractivity contribution in [3.63, 3.8) is 0 Å². The molecule has 4 rings (SSSR count). The summed E-state index contributed by atoms with van der Waals surface area (Å²) in [5.41, 5.74) is 2.34. The second-order valence-corrected chi connectivity index (χ2v) is 6.69. The van der Waals surface area contributed by atoms with E-state index in [0.717, 1.165) is 21.8 Å². The van der Waals surface area contributed by atoms with Crippen molar-refractivity contribution in [3.05, 3.63) is 53.9 Å². The quantitative estimate of drug-likeness (QED) is 0.501. The minimum Gasteiger partial charge on any atom is -0.464 e. The van der Waals surface area contributed by atoms with Gasteiger partial charge in [0.2, 0.25) is 0 Å². The number of aromatic nitrogens is 2. The van der Waals surface area contributed by atoms with Crippen LogP contribution in [0.15, 0.2) is 42.5 Å². The van der Waals surface area contributed by atoms with E-state index in [9.17, 15) is 18.0 Å². The van der Waals surface area contributed by atoms with E-state index in [1.807, 2.05) is 24.3 Å². The number of halogens is 3. The molecule has 2 atom stereocenters. The normalized spacial score (nSPS) is 20.3. The van der Waals surface area contributed by atoms with Gasteiger partial charge < -0.3 is 9.72 Å². The molecule has 0 radical (unpaired) electrons. The standard InChI is InChI=1S/C20H17F3N2O2/c1-27-19(26)16-10-14-13-4-2-3-5-15(13)24-18(14)17(25-16)11-6-8-12(9-7-11)20(21,22)23/h2-6,8,10-12,24H,7,9H2,1H3. The van der Waals surface area contributed by atoms with Crippen molar-refractivity contribution in [2.75, 3.05) is 7.11 Å². The zero-order valence-electron chi connectivity index (χ0n) is 14.5. The maximum absolute atomic E-state index is 12.9. The summed E-state index contributed by atoms with van der Waals surface area (Å²) in [5, 5.41) is 1.73. The molecule has 7 heteroatoms. The number of carbonyl (C=O) groups is 1. The van der Waals surface area contributed by atoms with E-state index >= 15 is 0 Å². The van der Waals surface area contributed by atoms with Crippen LogP contribution in [0.3, 0.4) is 0 Å². The lowest BCUT2D eigenvalue weighted by Crippen LogP contribution is -2.24. The van der Waals surface area contributed by atoms with Gasteiger partial charge in [-0.2, -0.15) is 13.2 Å². The molecule has 0 amide bonds. The maximum atomic E-state index is 12.9. The number of ether oxygens (including phenoxy) is 1. The van der Waals surface area contributed by atoms with Gasteiger partial charge in [-0.1, -0.05) is 30.4 Å². The minimum atomic E-state index is -4.24. The van der Waals surface area contributed by atoms with Gasteiger partial charge in [0.1, 0.15) is 5.69 Å². The number of fused-ring (bicyclic) bond motifs is 3. The van der Waals surface area contributed by atoms with Crippen molar-refractivity contribution in [2.45, 2.75) is 24.9 Å². The number of aromatic amines is 1. The van der Waals surface area contributed by atoms with E-state index in [1.54, 1.807) is 12.1 Å². The second-order valence-electron chi connectivity index (χ2n) is 6.69. The zero-order chi connectivity index (χ0) is 19.2. The van der Waals surface area contributed by atoms with Crippen LogP contribution in [0, 0.1) is 5.92 Å². The Hall–Kier alpha value is -2.83. The van der Waals surface area contributed by atoms with E-state index in [-0.39, 0.29) is 18.0 Å². The lowest BCUT2D eigenvalue weighted by molar-refractivity contribution is -0.163. The summed E-state index contributed by atoms with van der Waals surface area (Å²) in [6.45, 7) is 0. The van der Waals surface area contributed by atoms with Crippen LogP contribution in [-0.4, -0.2) is 29.2 Å². The number of esters is 1. The molecule has 0 fully saturated rings. The topological polar surface area (TPSA) is 55.0 Å². The molecular weight excluding hydrogens is 357 g/mol. The first-order valence-corrected chi connectivity index (χ1v) is 8.63. The minimum absolute atomic E-state index is 0.00345. The van der Waals surface area contributed by atoms with Crippen molar-refractivity contribution in [1.82, 2.24) is 9.97 Å². The van der Waals surface area contributed by atoms with Gasteiger partial charge in [-0.15, -0.1) is 0 Å². The molecule has 3 aromatic rings. The summed E-state index contributed by atoms with van der Waals surface area (Å²) in [5.74, 6) is -2.31. The maximum Gasteiger partial charge on any atom is 0.395 e.